The van der Waals surface area contributed by atoms with E-state index in [1.54, 1.807) is 31.4 Å². The number of fused-ring (bicyclic) bond motifs is 1. The van der Waals surface area contributed by atoms with Gasteiger partial charge < -0.3 is 19.4 Å². The number of furan rings is 1. The van der Waals surface area contributed by atoms with Crippen molar-refractivity contribution in [2.24, 2.45) is 0 Å². The molecule has 4 heteroatoms. The van der Waals surface area contributed by atoms with Crippen molar-refractivity contribution in [2.45, 2.75) is 13.0 Å². The van der Waals surface area contributed by atoms with Crippen LogP contribution in [-0.2, 0) is 4.74 Å². The third kappa shape index (κ3) is 3.04. The molecular formula is C23H20O4. The summed E-state index contributed by atoms with van der Waals surface area (Å²) in [6, 6.07) is 20.2. The van der Waals surface area contributed by atoms with E-state index in [4.69, 9.17) is 9.15 Å². The molecule has 0 spiro atoms. The third-order valence-electron chi connectivity index (χ3n) is 4.79. The molecule has 0 radical (unpaired) electrons. The second kappa shape index (κ2) is 6.82. The first kappa shape index (κ1) is 17.2. The smallest absolute Gasteiger partial charge is 0.143 e. The quantitative estimate of drug-likeness (QED) is 0.477. The molecule has 0 saturated heterocycles. The van der Waals surface area contributed by atoms with Gasteiger partial charge in [-0.15, -0.1) is 0 Å². The van der Waals surface area contributed by atoms with Crippen LogP contribution in [-0.4, -0.2) is 17.3 Å². The maximum atomic E-state index is 10.3. The Kier molecular flexibility index (Phi) is 4.34. The van der Waals surface area contributed by atoms with Crippen molar-refractivity contribution in [3.05, 3.63) is 72.3 Å². The van der Waals surface area contributed by atoms with Crippen molar-refractivity contribution < 1.29 is 19.4 Å². The van der Waals surface area contributed by atoms with Crippen LogP contribution >= 0.6 is 0 Å². The Hall–Kier alpha value is -3.24. The zero-order chi connectivity index (χ0) is 19.0. The van der Waals surface area contributed by atoms with Gasteiger partial charge in [0.2, 0.25) is 0 Å². The van der Waals surface area contributed by atoms with Gasteiger partial charge in [0.15, 0.2) is 0 Å². The molecule has 4 aromatic rings. The molecule has 0 aliphatic carbocycles. The van der Waals surface area contributed by atoms with Gasteiger partial charge in [0.25, 0.3) is 0 Å². The highest BCUT2D eigenvalue weighted by Crippen LogP contribution is 2.44. The van der Waals surface area contributed by atoms with Gasteiger partial charge in [-0.1, -0.05) is 30.3 Å². The Morgan fingerprint density at radius 1 is 0.852 bits per heavy atom. The first-order valence-electron chi connectivity index (χ1n) is 8.75. The van der Waals surface area contributed by atoms with Gasteiger partial charge in [0, 0.05) is 29.2 Å². The SMILES string of the molecule is COC(C)c1cc(O)cc2c(-c3ccccc3)c(-c3ccc(O)cc3)oc12. The van der Waals surface area contributed by atoms with E-state index in [-0.39, 0.29) is 17.6 Å². The highest BCUT2D eigenvalue weighted by Gasteiger charge is 2.22. The maximum absolute atomic E-state index is 10.3. The summed E-state index contributed by atoms with van der Waals surface area (Å²) in [5.74, 6) is 1.05. The Bertz CT molecular complexity index is 1080. The molecule has 0 saturated carbocycles. The summed E-state index contributed by atoms with van der Waals surface area (Å²) >= 11 is 0. The van der Waals surface area contributed by atoms with Crippen LogP contribution in [0.5, 0.6) is 11.5 Å². The number of ether oxygens (including phenoxy) is 1. The maximum Gasteiger partial charge on any atom is 0.143 e. The predicted octanol–water partition coefficient (Wildman–Crippen LogP) is 5.89. The summed E-state index contributed by atoms with van der Waals surface area (Å²) in [6.45, 7) is 1.92. The standard InChI is InChI=1S/C23H20O4/c1-14(26-2)19-12-18(25)13-20-21(15-6-4-3-5-7-15)22(27-23(19)20)16-8-10-17(24)11-9-16/h3-14,24-25H,1-2H3. The number of benzene rings is 3. The molecule has 4 nitrogen and oxygen atoms in total. The Morgan fingerprint density at radius 3 is 2.22 bits per heavy atom. The van der Waals surface area contributed by atoms with Crippen LogP contribution in [0.3, 0.4) is 0 Å². The van der Waals surface area contributed by atoms with E-state index >= 15 is 0 Å². The number of aromatic hydroxyl groups is 2. The van der Waals surface area contributed by atoms with Crippen molar-refractivity contribution in [3.8, 4) is 33.9 Å². The molecular weight excluding hydrogens is 340 g/mol. The van der Waals surface area contributed by atoms with E-state index < -0.39 is 0 Å². The molecule has 1 heterocycles. The third-order valence-corrected chi connectivity index (χ3v) is 4.79. The van der Waals surface area contributed by atoms with Crippen molar-refractivity contribution in [1.29, 1.82) is 0 Å². The fraction of sp³-hybridized carbons (Fsp3) is 0.130. The molecule has 3 aromatic carbocycles. The average molecular weight is 360 g/mol. The van der Waals surface area contributed by atoms with Crippen molar-refractivity contribution >= 4 is 11.0 Å². The molecule has 0 bridgehead atoms. The zero-order valence-corrected chi connectivity index (χ0v) is 15.1. The van der Waals surface area contributed by atoms with Gasteiger partial charge in [-0.3, -0.25) is 0 Å². The van der Waals surface area contributed by atoms with E-state index in [2.05, 4.69) is 0 Å². The molecule has 136 valence electrons. The van der Waals surface area contributed by atoms with Gasteiger partial charge in [-0.05, 0) is 48.9 Å². The molecule has 0 fully saturated rings. The molecule has 27 heavy (non-hydrogen) atoms. The van der Waals surface area contributed by atoms with Gasteiger partial charge in [0.1, 0.15) is 22.8 Å². The summed E-state index contributed by atoms with van der Waals surface area (Å²) in [4.78, 5) is 0. The van der Waals surface area contributed by atoms with E-state index in [9.17, 15) is 10.2 Å². The number of hydrogen-bond acceptors (Lipinski definition) is 4. The van der Waals surface area contributed by atoms with Crippen molar-refractivity contribution in [3.63, 3.8) is 0 Å². The summed E-state index contributed by atoms with van der Waals surface area (Å²) in [5.41, 5.74) is 4.20. The molecule has 1 unspecified atom stereocenters. The largest absolute Gasteiger partial charge is 0.508 e. The Morgan fingerprint density at radius 2 is 1.56 bits per heavy atom. The minimum atomic E-state index is -0.234. The fourth-order valence-corrected chi connectivity index (χ4v) is 3.35. The van der Waals surface area contributed by atoms with Crippen LogP contribution in [0.15, 0.2) is 71.1 Å². The summed E-state index contributed by atoms with van der Waals surface area (Å²) in [7, 11) is 1.63. The zero-order valence-electron chi connectivity index (χ0n) is 15.1. The van der Waals surface area contributed by atoms with Crippen LogP contribution in [0.1, 0.15) is 18.6 Å². The van der Waals surface area contributed by atoms with Crippen LogP contribution in [0, 0.1) is 0 Å². The molecule has 0 aliphatic heterocycles. The van der Waals surface area contributed by atoms with Crippen LogP contribution in [0.25, 0.3) is 33.4 Å². The predicted molar refractivity (Wildman–Crippen MR) is 106 cm³/mol. The van der Waals surface area contributed by atoms with E-state index in [1.807, 2.05) is 49.4 Å². The summed E-state index contributed by atoms with van der Waals surface area (Å²) in [6.07, 6.45) is -0.234. The topological polar surface area (TPSA) is 62.8 Å². The van der Waals surface area contributed by atoms with Crippen LogP contribution in [0.4, 0.5) is 0 Å². The van der Waals surface area contributed by atoms with Gasteiger partial charge >= 0.3 is 0 Å². The number of hydrogen-bond donors (Lipinski definition) is 2. The second-order valence-corrected chi connectivity index (χ2v) is 6.51. The Labute approximate surface area is 157 Å². The molecule has 0 aliphatic rings. The molecule has 2 N–H and O–H groups in total. The molecule has 4 rings (SSSR count). The number of phenolic OH excluding ortho intramolecular Hbond substituents is 2. The highest BCUT2D eigenvalue weighted by molar-refractivity contribution is 6.03. The average Bonchev–Trinajstić information content (AvgIpc) is 3.07. The molecule has 1 atom stereocenters. The van der Waals surface area contributed by atoms with Gasteiger partial charge in [-0.2, -0.15) is 0 Å². The monoisotopic (exact) mass is 360 g/mol. The lowest BCUT2D eigenvalue weighted by Crippen LogP contribution is -1.96. The van der Waals surface area contributed by atoms with Gasteiger partial charge in [0.05, 0.1) is 6.10 Å². The minimum Gasteiger partial charge on any atom is -0.508 e. The van der Waals surface area contributed by atoms with Crippen molar-refractivity contribution in [1.82, 2.24) is 0 Å². The lowest BCUT2D eigenvalue weighted by molar-refractivity contribution is 0.119. The highest BCUT2D eigenvalue weighted by atomic mass is 16.5. The lowest BCUT2D eigenvalue weighted by atomic mass is 9.97. The number of rotatable bonds is 4. The van der Waals surface area contributed by atoms with Crippen molar-refractivity contribution in [2.75, 3.05) is 7.11 Å². The Balaban J connectivity index is 2.08. The van der Waals surface area contributed by atoms with E-state index in [0.717, 1.165) is 27.6 Å². The first-order valence-corrected chi connectivity index (χ1v) is 8.75. The van der Waals surface area contributed by atoms with Crippen LogP contribution < -0.4 is 0 Å². The van der Waals surface area contributed by atoms with E-state index in [0.29, 0.717) is 11.3 Å². The van der Waals surface area contributed by atoms with E-state index in [1.165, 1.54) is 0 Å². The number of methoxy groups -OCH3 is 1. The first-order chi connectivity index (χ1) is 13.1. The summed E-state index contributed by atoms with van der Waals surface area (Å²) in [5, 5.41) is 20.8. The summed E-state index contributed by atoms with van der Waals surface area (Å²) < 4.78 is 11.8. The normalized spacial score (nSPS) is 12.4. The minimum absolute atomic E-state index is 0.164. The molecule has 0 amide bonds. The van der Waals surface area contributed by atoms with Crippen LogP contribution in [0.2, 0.25) is 0 Å². The lowest BCUT2D eigenvalue weighted by Gasteiger charge is -2.10. The number of phenols is 2. The molecule has 1 aromatic heterocycles. The van der Waals surface area contributed by atoms with Gasteiger partial charge in [-0.25, -0.2) is 0 Å². The fourth-order valence-electron chi connectivity index (χ4n) is 3.35. The second-order valence-electron chi connectivity index (χ2n) is 6.51.